The molecule has 28 heavy (non-hydrogen) atoms. The number of aliphatic hydroxyl groups is 1. The van der Waals surface area contributed by atoms with Crippen LogP contribution in [0.4, 0.5) is 0 Å². The van der Waals surface area contributed by atoms with Crippen LogP contribution in [0.2, 0.25) is 0 Å². The number of unbranched alkanes of at least 4 members (excludes halogenated alkanes) is 8. The van der Waals surface area contributed by atoms with Crippen LogP contribution in [0.5, 0.6) is 0 Å². The van der Waals surface area contributed by atoms with Crippen LogP contribution in [0.3, 0.4) is 0 Å². The summed E-state index contributed by atoms with van der Waals surface area (Å²) in [5, 5.41) is 8.88. The van der Waals surface area contributed by atoms with Gasteiger partial charge < -0.3 is 19.3 Å². The lowest BCUT2D eigenvalue weighted by Crippen LogP contribution is -2.29. The van der Waals surface area contributed by atoms with Crippen molar-refractivity contribution < 1.29 is 28.9 Å². The fraction of sp³-hybridized carbons (Fsp3) is 0.909. The van der Waals surface area contributed by atoms with Gasteiger partial charge in [-0.1, -0.05) is 65.2 Å². The van der Waals surface area contributed by atoms with Crippen LogP contribution in [0.15, 0.2) is 0 Å². The SMILES string of the molecule is CCCCCCCC(=O)OCC(COC(=O)CCCCCCC)OCCCO. The van der Waals surface area contributed by atoms with Crippen LogP contribution >= 0.6 is 0 Å². The Hall–Kier alpha value is -1.14. The Morgan fingerprint density at radius 3 is 1.61 bits per heavy atom. The van der Waals surface area contributed by atoms with E-state index in [1.54, 1.807) is 0 Å². The molecule has 6 heteroatoms. The Bertz CT molecular complexity index is 342. The van der Waals surface area contributed by atoms with Crippen molar-refractivity contribution in [1.29, 1.82) is 0 Å². The second-order valence-electron chi connectivity index (χ2n) is 7.26. The molecule has 0 unspecified atom stereocenters. The molecule has 0 rings (SSSR count). The molecule has 0 aliphatic heterocycles. The number of hydrogen-bond acceptors (Lipinski definition) is 6. The molecule has 0 spiro atoms. The summed E-state index contributed by atoms with van der Waals surface area (Å²) in [5.41, 5.74) is 0. The predicted molar refractivity (Wildman–Crippen MR) is 110 cm³/mol. The molecule has 0 radical (unpaired) electrons. The van der Waals surface area contributed by atoms with Crippen LogP contribution in [0.1, 0.15) is 97.3 Å². The fourth-order valence-electron chi connectivity index (χ4n) is 2.72. The number of ether oxygens (including phenoxy) is 3. The minimum absolute atomic E-state index is 0.0296. The number of carbonyl (C=O) groups is 2. The highest BCUT2D eigenvalue weighted by molar-refractivity contribution is 5.69. The molecule has 1 N–H and O–H groups in total. The van der Waals surface area contributed by atoms with E-state index in [-0.39, 0.29) is 31.8 Å². The van der Waals surface area contributed by atoms with Crippen LogP contribution < -0.4 is 0 Å². The van der Waals surface area contributed by atoms with Crippen molar-refractivity contribution in [1.82, 2.24) is 0 Å². The molecule has 0 saturated carbocycles. The van der Waals surface area contributed by atoms with Gasteiger partial charge in [0.1, 0.15) is 19.3 Å². The van der Waals surface area contributed by atoms with E-state index in [0.29, 0.717) is 25.9 Å². The van der Waals surface area contributed by atoms with Crippen LogP contribution in [-0.4, -0.2) is 49.6 Å². The first kappa shape index (κ1) is 26.9. The first-order valence-electron chi connectivity index (χ1n) is 11.2. The van der Waals surface area contributed by atoms with Crippen molar-refractivity contribution in [2.45, 2.75) is 103 Å². The molecule has 6 nitrogen and oxygen atoms in total. The van der Waals surface area contributed by atoms with Crippen molar-refractivity contribution in [2.24, 2.45) is 0 Å². The summed E-state index contributed by atoms with van der Waals surface area (Å²) in [4.78, 5) is 23.7. The van der Waals surface area contributed by atoms with E-state index in [1.165, 1.54) is 25.7 Å². The Morgan fingerprint density at radius 1 is 0.714 bits per heavy atom. The molecule has 0 heterocycles. The summed E-state index contributed by atoms with van der Waals surface area (Å²) < 4.78 is 16.1. The van der Waals surface area contributed by atoms with Gasteiger partial charge in [-0.2, -0.15) is 0 Å². The molecule has 0 aromatic rings. The summed E-state index contributed by atoms with van der Waals surface area (Å²) in [5.74, 6) is -0.482. The van der Waals surface area contributed by atoms with E-state index in [0.717, 1.165) is 38.5 Å². The smallest absolute Gasteiger partial charge is 0.305 e. The molecule has 0 aliphatic rings. The van der Waals surface area contributed by atoms with E-state index in [9.17, 15) is 9.59 Å². The van der Waals surface area contributed by atoms with E-state index in [2.05, 4.69) is 13.8 Å². The summed E-state index contributed by atoms with van der Waals surface area (Å²) in [6.07, 6.45) is 11.6. The molecule has 0 aliphatic carbocycles. The summed E-state index contributed by atoms with van der Waals surface area (Å²) in [6.45, 7) is 4.83. The highest BCUT2D eigenvalue weighted by Gasteiger charge is 2.15. The lowest BCUT2D eigenvalue weighted by molar-refractivity contribution is -0.155. The fourth-order valence-corrected chi connectivity index (χ4v) is 2.72. The van der Waals surface area contributed by atoms with Crippen LogP contribution in [-0.2, 0) is 23.8 Å². The van der Waals surface area contributed by atoms with Gasteiger partial charge in [-0.25, -0.2) is 0 Å². The van der Waals surface area contributed by atoms with Gasteiger partial charge in [0.15, 0.2) is 0 Å². The molecule has 0 aromatic heterocycles. The maximum Gasteiger partial charge on any atom is 0.305 e. The lowest BCUT2D eigenvalue weighted by Gasteiger charge is -2.18. The van der Waals surface area contributed by atoms with Gasteiger partial charge in [0.2, 0.25) is 0 Å². The van der Waals surface area contributed by atoms with Gasteiger partial charge in [0, 0.05) is 26.1 Å². The first-order chi connectivity index (χ1) is 13.6. The highest BCUT2D eigenvalue weighted by atomic mass is 16.6. The quantitative estimate of drug-likeness (QED) is 0.237. The van der Waals surface area contributed by atoms with Crippen LogP contribution in [0.25, 0.3) is 0 Å². The topological polar surface area (TPSA) is 82.1 Å². The Kier molecular flexibility index (Phi) is 19.8. The molecule has 0 bridgehead atoms. The second-order valence-corrected chi connectivity index (χ2v) is 7.26. The summed E-state index contributed by atoms with van der Waals surface area (Å²) in [6, 6.07) is 0. The van der Waals surface area contributed by atoms with Crippen molar-refractivity contribution in [3.8, 4) is 0 Å². The molecular weight excluding hydrogens is 360 g/mol. The number of aliphatic hydroxyl groups excluding tert-OH is 1. The zero-order valence-corrected chi connectivity index (χ0v) is 18.1. The van der Waals surface area contributed by atoms with Gasteiger partial charge in [0.25, 0.3) is 0 Å². The normalized spacial score (nSPS) is 11.0. The third kappa shape index (κ3) is 18.2. The molecule has 0 fully saturated rings. The molecule has 0 aromatic carbocycles. The van der Waals surface area contributed by atoms with Crippen molar-refractivity contribution >= 4 is 11.9 Å². The minimum atomic E-state index is -0.486. The summed E-state index contributed by atoms with van der Waals surface area (Å²) >= 11 is 0. The van der Waals surface area contributed by atoms with E-state index in [4.69, 9.17) is 19.3 Å². The molecular formula is C22H42O6. The van der Waals surface area contributed by atoms with Gasteiger partial charge in [-0.05, 0) is 19.3 Å². The summed E-state index contributed by atoms with van der Waals surface area (Å²) in [7, 11) is 0. The second kappa shape index (κ2) is 20.6. The largest absolute Gasteiger partial charge is 0.463 e. The maximum atomic E-state index is 11.9. The lowest BCUT2D eigenvalue weighted by atomic mass is 10.1. The molecule has 0 amide bonds. The zero-order valence-electron chi connectivity index (χ0n) is 18.1. The van der Waals surface area contributed by atoms with Gasteiger partial charge in [-0.3, -0.25) is 9.59 Å². The monoisotopic (exact) mass is 402 g/mol. The van der Waals surface area contributed by atoms with E-state index < -0.39 is 6.10 Å². The van der Waals surface area contributed by atoms with Crippen molar-refractivity contribution in [2.75, 3.05) is 26.4 Å². The molecule has 166 valence electrons. The number of rotatable bonds is 20. The van der Waals surface area contributed by atoms with Crippen molar-refractivity contribution in [3.05, 3.63) is 0 Å². The van der Waals surface area contributed by atoms with E-state index in [1.807, 2.05) is 0 Å². The molecule has 0 saturated heterocycles. The standard InChI is InChI=1S/C22H42O6/c1-3-5-7-9-11-14-21(24)27-18-20(26-17-13-16-23)19-28-22(25)15-12-10-8-6-4-2/h20,23H,3-19H2,1-2H3. The zero-order chi connectivity index (χ0) is 20.9. The van der Waals surface area contributed by atoms with Gasteiger partial charge >= 0.3 is 11.9 Å². The highest BCUT2D eigenvalue weighted by Crippen LogP contribution is 2.08. The Balaban J connectivity index is 4.03. The molecule has 0 atom stereocenters. The Morgan fingerprint density at radius 2 is 1.18 bits per heavy atom. The number of esters is 2. The minimum Gasteiger partial charge on any atom is -0.463 e. The predicted octanol–water partition coefficient (Wildman–Crippen LogP) is 4.56. The van der Waals surface area contributed by atoms with Gasteiger partial charge in [0.05, 0.1) is 0 Å². The average molecular weight is 403 g/mol. The number of carbonyl (C=O) groups excluding carboxylic acids is 2. The average Bonchev–Trinajstić information content (AvgIpc) is 2.69. The third-order valence-electron chi connectivity index (χ3n) is 4.49. The van der Waals surface area contributed by atoms with E-state index >= 15 is 0 Å². The van der Waals surface area contributed by atoms with Crippen molar-refractivity contribution in [3.63, 3.8) is 0 Å². The third-order valence-corrected chi connectivity index (χ3v) is 4.49. The van der Waals surface area contributed by atoms with Crippen LogP contribution in [0, 0.1) is 0 Å². The Labute approximate surface area is 171 Å². The number of hydrogen-bond donors (Lipinski definition) is 1. The van der Waals surface area contributed by atoms with Gasteiger partial charge in [-0.15, -0.1) is 0 Å². The first-order valence-corrected chi connectivity index (χ1v) is 11.2. The maximum absolute atomic E-state index is 11.9.